The van der Waals surface area contributed by atoms with Gasteiger partial charge in [0, 0.05) is 32.1 Å². The molecule has 164 valence electrons. The summed E-state index contributed by atoms with van der Waals surface area (Å²) in [5.74, 6) is 0.123. The third-order valence-corrected chi connectivity index (χ3v) is 6.11. The SMILES string of the molecule is CCC(=O)N(C)C[C@H]1Oc2ncc(C3=CCCC3)cc2C(=O)N([C@H](C)CO)C[C@H]1C. The molecule has 0 unspecified atom stereocenters. The van der Waals surface area contributed by atoms with Crippen molar-refractivity contribution in [1.82, 2.24) is 14.8 Å². The fraction of sp³-hybridized carbons (Fsp3) is 0.609. The number of nitrogens with zero attached hydrogens (tertiary/aromatic N) is 3. The number of hydrogen-bond donors (Lipinski definition) is 1. The van der Waals surface area contributed by atoms with Gasteiger partial charge in [0.05, 0.1) is 19.2 Å². The van der Waals surface area contributed by atoms with Crippen molar-refractivity contribution in [2.24, 2.45) is 5.92 Å². The van der Waals surface area contributed by atoms with Crippen molar-refractivity contribution < 1.29 is 19.4 Å². The lowest BCUT2D eigenvalue weighted by Gasteiger charge is -2.37. The molecule has 0 fully saturated rings. The third kappa shape index (κ3) is 4.67. The van der Waals surface area contributed by atoms with Crippen LogP contribution in [0, 0.1) is 5.92 Å². The number of amides is 2. The normalized spacial score (nSPS) is 22.5. The fourth-order valence-corrected chi connectivity index (χ4v) is 4.07. The minimum Gasteiger partial charge on any atom is -0.472 e. The van der Waals surface area contributed by atoms with Crippen LogP contribution < -0.4 is 4.74 Å². The largest absolute Gasteiger partial charge is 0.472 e. The van der Waals surface area contributed by atoms with E-state index < -0.39 is 0 Å². The average molecular weight is 416 g/mol. The van der Waals surface area contributed by atoms with Gasteiger partial charge in [0.15, 0.2) is 0 Å². The molecule has 1 aromatic rings. The van der Waals surface area contributed by atoms with Crippen molar-refractivity contribution in [3.8, 4) is 5.88 Å². The van der Waals surface area contributed by atoms with Crippen LogP contribution in [0.5, 0.6) is 5.88 Å². The molecule has 2 aliphatic rings. The summed E-state index contributed by atoms with van der Waals surface area (Å²) in [5, 5.41) is 9.74. The second-order valence-corrected chi connectivity index (χ2v) is 8.45. The number of carbonyl (C=O) groups excluding carboxylic acids is 2. The van der Waals surface area contributed by atoms with Crippen molar-refractivity contribution >= 4 is 17.4 Å². The van der Waals surface area contributed by atoms with Gasteiger partial charge in [0.2, 0.25) is 11.8 Å². The van der Waals surface area contributed by atoms with Crippen molar-refractivity contribution in [2.75, 3.05) is 26.7 Å². The Labute approximate surface area is 178 Å². The Morgan fingerprint density at radius 3 is 2.87 bits per heavy atom. The average Bonchev–Trinajstić information content (AvgIpc) is 3.29. The monoisotopic (exact) mass is 415 g/mol. The van der Waals surface area contributed by atoms with Crippen LogP contribution in [-0.2, 0) is 4.79 Å². The topological polar surface area (TPSA) is 83.0 Å². The molecule has 1 aliphatic heterocycles. The molecule has 1 N–H and O–H groups in total. The van der Waals surface area contributed by atoms with Crippen LogP contribution >= 0.6 is 0 Å². The summed E-state index contributed by atoms with van der Waals surface area (Å²) in [6, 6.07) is 1.54. The summed E-state index contributed by atoms with van der Waals surface area (Å²) in [4.78, 5) is 33.4. The standard InChI is InChI=1S/C23H33N3O4/c1-5-21(28)25(4)13-20-15(2)12-26(16(3)14-27)23(29)19-10-18(11-24-22(19)30-20)17-8-6-7-9-17/h8,10-11,15-16,20,27H,5-7,9,12-14H2,1-4H3/t15-,16-,20-/m1/s1. The molecule has 3 atom stereocenters. The van der Waals surface area contributed by atoms with Crippen molar-refractivity contribution in [1.29, 1.82) is 0 Å². The zero-order valence-electron chi connectivity index (χ0n) is 18.4. The van der Waals surface area contributed by atoms with Crippen LogP contribution in [0.2, 0.25) is 0 Å². The molecule has 0 bridgehead atoms. The summed E-state index contributed by atoms with van der Waals surface area (Å²) in [7, 11) is 1.77. The molecule has 2 amide bonds. The Kier molecular flexibility index (Phi) is 7.13. The van der Waals surface area contributed by atoms with Gasteiger partial charge in [-0.25, -0.2) is 4.98 Å². The van der Waals surface area contributed by atoms with E-state index in [4.69, 9.17) is 4.74 Å². The first-order valence-corrected chi connectivity index (χ1v) is 10.9. The molecule has 1 aromatic heterocycles. The number of aromatic nitrogens is 1. The first kappa shape index (κ1) is 22.3. The summed E-state index contributed by atoms with van der Waals surface area (Å²) in [5.41, 5.74) is 2.57. The molecule has 0 saturated carbocycles. The van der Waals surface area contributed by atoms with Gasteiger partial charge in [-0.15, -0.1) is 0 Å². The number of allylic oxidation sites excluding steroid dienone is 2. The molecule has 0 aromatic carbocycles. The Balaban J connectivity index is 1.99. The fourth-order valence-electron chi connectivity index (χ4n) is 4.07. The van der Waals surface area contributed by atoms with Gasteiger partial charge in [0.1, 0.15) is 11.7 Å². The maximum Gasteiger partial charge on any atom is 0.259 e. The Morgan fingerprint density at radius 2 is 2.23 bits per heavy atom. The van der Waals surface area contributed by atoms with E-state index in [9.17, 15) is 14.7 Å². The number of hydrogen-bond acceptors (Lipinski definition) is 5. The number of fused-ring (bicyclic) bond motifs is 1. The number of likely N-dealkylation sites (N-methyl/N-ethyl adjacent to an activating group) is 1. The molecule has 7 nitrogen and oxygen atoms in total. The number of ether oxygens (including phenoxy) is 1. The van der Waals surface area contributed by atoms with Gasteiger partial charge < -0.3 is 19.6 Å². The summed E-state index contributed by atoms with van der Waals surface area (Å²) < 4.78 is 6.23. The molecule has 0 radical (unpaired) electrons. The van der Waals surface area contributed by atoms with Gasteiger partial charge in [-0.2, -0.15) is 0 Å². The molecule has 0 spiro atoms. The molecule has 1 aliphatic carbocycles. The Bertz CT molecular complexity index is 823. The van der Waals surface area contributed by atoms with Crippen molar-refractivity contribution in [3.63, 3.8) is 0 Å². The zero-order chi connectivity index (χ0) is 21.8. The molecule has 2 heterocycles. The quantitative estimate of drug-likeness (QED) is 0.772. The van der Waals surface area contributed by atoms with E-state index in [0.717, 1.165) is 24.8 Å². The second-order valence-electron chi connectivity index (χ2n) is 8.45. The van der Waals surface area contributed by atoms with Crippen LogP contribution in [0.15, 0.2) is 18.3 Å². The van der Waals surface area contributed by atoms with E-state index in [1.54, 1.807) is 23.0 Å². The molecular weight excluding hydrogens is 382 g/mol. The highest BCUT2D eigenvalue weighted by molar-refractivity contribution is 5.97. The number of rotatable bonds is 6. The maximum absolute atomic E-state index is 13.4. The number of aliphatic hydroxyl groups is 1. The molecule has 3 rings (SSSR count). The van der Waals surface area contributed by atoms with E-state index >= 15 is 0 Å². The lowest BCUT2D eigenvalue weighted by Crippen LogP contribution is -2.50. The zero-order valence-corrected chi connectivity index (χ0v) is 18.4. The van der Waals surface area contributed by atoms with E-state index in [1.807, 2.05) is 26.8 Å². The molecule has 30 heavy (non-hydrogen) atoms. The highest BCUT2D eigenvalue weighted by atomic mass is 16.5. The third-order valence-electron chi connectivity index (χ3n) is 6.11. The number of carbonyl (C=O) groups is 2. The predicted octanol–water partition coefficient (Wildman–Crippen LogP) is 2.74. The Hall–Kier alpha value is -2.41. The smallest absolute Gasteiger partial charge is 0.259 e. The van der Waals surface area contributed by atoms with E-state index in [1.165, 1.54) is 5.57 Å². The van der Waals surface area contributed by atoms with Gasteiger partial charge in [-0.05, 0) is 43.4 Å². The first-order chi connectivity index (χ1) is 14.3. The predicted molar refractivity (Wildman–Crippen MR) is 115 cm³/mol. The highest BCUT2D eigenvalue weighted by Gasteiger charge is 2.34. The Morgan fingerprint density at radius 1 is 1.47 bits per heavy atom. The summed E-state index contributed by atoms with van der Waals surface area (Å²) in [6.45, 7) is 6.41. The van der Waals surface area contributed by atoms with Crippen LogP contribution in [0.25, 0.3) is 5.57 Å². The minimum atomic E-state index is -0.323. The van der Waals surface area contributed by atoms with Gasteiger partial charge in [-0.1, -0.05) is 19.9 Å². The highest BCUT2D eigenvalue weighted by Crippen LogP contribution is 2.32. The van der Waals surface area contributed by atoms with Crippen LogP contribution in [0.4, 0.5) is 0 Å². The molecular formula is C23H33N3O4. The van der Waals surface area contributed by atoms with Crippen molar-refractivity contribution in [2.45, 2.75) is 58.6 Å². The van der Waals surface area contributed by atoms with E-state index in [-0.39, 0.29) is 36.5 Å². The number of pyridine rings is 1. The van der Waals surface area contributed by atoms with E-state index in [2.05, 4.69) is 11.1 Å². The second kappa shape index (κ2) is 9.60. The van der Waals surface area contributed by atoms with Gasteiger partial charge in [0.25, 0.3) is 5.91 Å². The maximum atomic E-state index is 13.4. The van der Waals surface area contributed by atoms with Gasteiger partial charge >= 0.3 is 0 Å². The summed E-state index contributed by atoms with van der Waals surface area (Å²) >= 11 is 0. The van der Waals surface area contributed by atoms with E-state index in [0.29, 0.717) is 31.0 Å². The van der Waals surface area contributed by atoms with Crippen LogP contribution in [0.3, 0.4) is 0 Å². The summed E-state index contributed by atoms with van der Waals surface area (Å²) in [6.07, 6.45) is 7.22. The van der Waals surface area contributed by atoms with Crippen LogP contribution in [-0.4, -0.2) is 70.6 Å². The molecule has 0 saturated heterocycles. The van der Waals surface area contributed by atoms with Gasteiger partial charge in [-0.3, -0.25) is 9.59 Å². The van der Waals surface area contributed by atoms with Crippen molar-refractivity contribution in [3.05, 3.63) is 29.5 Å². The first-order valence-electron chi connectivity index (χ1n) is 10.9. The lowest BCUT2D eigenvalue weighted by molar-refractivity contribution is -0.131. The minimum absolute atomic E-state index is 0.0396. The molecule has 7 heteroatoms. The lowest BCUT2D eigenvalue weighted by atomic mass is 9.99. The number of aliphatic hydroxyl groups excluding tert-OH is 1. The van der Waals surface area contributed by atoms with Crippen LogP contribution in [0.1, 0.15) is 62.4 Å².